The van der Waals surface area contributed by atoms with Crippen molar-refractivity contribution in [3.63, 3.8) is 0 Å². The number of nitrogens with zero attached hydrogens (tertiary/aromatic N) is 2. The zero-order chi connectivity index (χ0) is 14.8. The summed E-state index contributed by atoms with van der Waals surface area (Å²) in [6.07, 6.45) is 0. The van der Waals surface area contributed by atoms with Gasteiger partial charge in [0.2, 0.25) is 0 Å². The molecule has 0 atom stereocenters. The number of benzene rings is 1. The Morgan fingerprint density at radius 1 is 1.15 bits per heavy atom. The molecule has 4 heteroatoms. The third kappa shape index (κ3) is 3.74. The third-order valence-electron chi connectivity index (χ3n) is 4.14. The second-order valence-corrected chi connectivity index (χ2v) is 6.62. The van der Waals surface area contributed by atoms with E-state index in [0.717, 1.165) is 37.7 Å². The van der Waals surface area contributed by atoms with E-state index >= 15 is 0 Å². The maximum absolute atomic E-state index is 11.6. The third-order valence-corrected chi connectivity index (χ3v) is 4.39. The van der Waals surface area contributed by atoms with Crippen molar-refractivity contribution < 1.29 is 4.79 Å². The number of hydrogen-bond acceptors (Lipinski definition) is 3. The van der Waals surface area contributed by atoms with E-state index in [0.29, 0.717) is 0 Å². The van der Waals surface area contributed by atoms with Gasteiger partial charge in [0, 0.05) is 48.8 Å². The first-order valence-corrected chi connectivity index (χ1v) is 7.50. The van der Waals surface area contributed by atoms with Crippen LogP contribution in [0.2, 0.25) is 5.02 Å². The first kappa shape index (κ1) is 15.3. The van der Waals surface area contributed by atoms with Crippen LogP contribution in [-0.4, -0.2) is 43.4 Å². The van der Waals surface area contributed by atoms with Gasteiger partial charge in [-0.05, 0) is 31.2 Å². The Kier molecular flexibility index (Phi) is 4.71. The van der Waals surface area contributed by atoms with Gasteiger partial charge in [-0.25, -0.2) is 0 Å². The van der Waals surface area contributed by atoms with Gasteiger partial charge in [-0.1, -0.05) is 25.4 Å². The average molecular weight is 295 g/mol. The maximum Gasteiger partial charge on any atom is 0.136 e. The van der Waals surface area contributed by atoms with Crippen LogP contribution < -0.4 is 4.90 Å². The van der Waals surface area contributed by atoms with Crippen molar-refractivity contribution in [2.24, 2.45) is 5.41 Å². The smallest absolute Gasteiger partial charge is 0.136 e. The fourth-order valence-electron chi connectivity index (χ4n) is 2.49. The number of carbonyl (C=O) groups is 1. The number of piperazine rings is 1. The molecular formula is C16H23ClN2O. The average Bonchev–Trinajstić information content (AvgIpc) is 2.40. The lowest BCUT2D eigenvalue weighted by Gasteiger charge is -2.39. The van der Waals surface area contributed by atoms with Crippen molar-refractivity contribution in [1.29, 1.82) is 0 Å². The molecule has 1 aromatic rings. The zero-order valence-electron chi connectivity index (χ0n) is 12.5. The number of hydrogen-bond donors (Lipinski definition) is 0. The Labute approximate surface area is 126 Å². The summed E-state index contributed by atoms with van der Waals surface area (Å²) in [4.78, 5) is 16.4. The van der Waals surface area contributed by atoms with Crippen molar-refractivity contribution in [3.8, 4) is 0 Å². The first-order chi connectivity index (χ1) is 9.38. The van der Waals surface area contributed by atoms with Crippen molar-refractivity contribution in [1.82, 2.24) is 4.90 Å². The van der Waals surface area contributed by atoms with Crippen molar-refractivity contribution in [3.05, 3.63) is 29.3 Å². The molecule has 2 rings (SSSR count). The van der Waals surface area contributed by atoms with Crippen LogP contribution in [0.25, 0.3) is 0 Å². The van der Waals surface area contributed by atoms with Gasteiger partial charge in [0.1, 0.15) is 5.78 Å². The molecular weight excluding hydrogens is 272 g/mol. The lowest BCUT2D eigenvalue weighted by Crippen LogP contribution is -2.50. The quantitative estimate of drug-likeness (QED) is 0.853. The highest BCUT2D eigenvalue weighted by Gasteiger charge is 2.28. The minimum Gasteiger partial charge on any atom is -0.369 e. The monoisotopic (exact) mass is 294 g/mol. The summed E-state index contributed by atoms with van der Waals surface area (Å²) >= 11 is 5.92. The highest BCUT2D eigenvalue weighted by atomic mass is 35.5. The van der Waals surface area contributed by atoms with Crippen LogP contribution in [0.1, 0.15) is 20.8 Å². The second-order valence-electron chi connectivity index (χ2n) is 6.18. The van der Waals surface area contributed by atoms with E-state index in [2.05, 4.69) is 21.9 Å². The molecule has 20 heavy (non-hydrogen) atoms. The second kappa shape index (κ2) is 6.15. The Morgan fingerprint density at radius 3 is 2.20 bits per heavy atom. The summed E-state index contributed by atoms with van der Waals surface area (Å²) in [6, 6.07) is 8.00. The van der Waals surface area contributed by atoms with Gasteiger partial charge in [0.05, 0.1) is 0 Å². The molecule has 1 heterocycles. The highest BCUT2D eigenvalue weighted by molar-refractivity contribution is 6.30. The van der Waals surface area contributed by atoms with E-state index in [1.54, 1.807) is 6.92 Å². The summed E-state index contributed by atoms with van der Waals surface area (Å²) in [5, 5.41) is 0.774. The van der Waals surface area contributed by atoms with Crippen LogP contribution in [0.15, 0.2) is 24.3 Å². The lowest BCUT2D eigenvalue weighted by atomic mass is 9.88. The molecule has 0 unspecified atom stereocenters. The topological polar surface area (TPSA) is 23.6 Å². The van der Waals surface area contributed by atoms with Gasteiger partial charge >= 0.3 is 0 Å². The fraction of sp³-hybridized carbons (Fsp3) is 0.562. The SMILES string of the molecule is CC(=O)C(C)(C)CN1CCN(c2ccc(Cl)cc2)CC1. The summed E-state index contributed by atoms with van der Waals surface area (Å²) in [5.41, 5.74) is 0.975. The van der Waals surface area contributed by atoms with Crippen molar-refractivity contribution in [2.45, 2.75) is 20.8 Å². The summed E-state index contributed by atoms with van der Waals surface area (Å²) in [6.45, 7) is 10.6. The summed E-state index contributed by atoms with van der Waals surface area (Å²) in [5.74, 6) is 0.262. The molecule has 0 amide bonds. The van der Waals surface area contributed by atoms with Crippen molar-refractivity contribution in [2.75, 3.05) is 37.6 Å². The molecule has 1 aliphatic rings. The number of ketones is 1. The van der Waals surface area contributed by atoms with Crippen LogP contribution in [-0.2, 0) is 4.79 Å². The summed E-state index contributed by atoms with van der Waals surface area (Å²) in [7, 11) is 0. The molecule has 3 nitrogen and oxygen atoms in total. The Morgan fingerprint density at radius 2 is 1.70 bits per heavy atom. The van der Waals surface area contributed by atoms with E-state index in [1.165, 1.54) is 5.69 Å². The maximum atomic E-state index is 11.6. The zero-order valence-corrected chi connectivity index (χ0v) is 13.3. The molecule has 1 aliphatic heterocycles. The molecule has 1 aromatic carbocycles. The van der Waals surface area contributed by atoms with Crippen LogP contribution in [0.5, 0.6) is 0 Å². The molecule has 0 spiro atoms. The van der Waals surface area contributed by atoms with E-state index in [4.69, 9.17) is 11.6 Å². The Bertz CT molecular complexity index is 462. The largest absolute Gasteiger partial charge is 0.369 e. The van der Waals surface area contributed by atoms with Crippen LogP contribution >= 0.6 is 11.6 Å². The summed E-state index contributed by atoms with van der Waals surface area (Å²) < 4.78 is 0. The standard InChI is InChI=1S/C16H23ClN2O/c1-13(20)16(2,3)12-18-8-10-19(11-9-18)15-6-4-14(17)5-7-15/h4-7H,8-12H2,1-3H3. The van der Waals surface area contributed by atoms with Gasteiger partial charge in [-0.15, -0.1) is 0 Å². The van der Waals surface area contributed by atoms with Crippen LogP contribution in [0, 0.1) is 5.41 Å². The molecule has 0 N–H and O–H groups in total. The number of Topliss-reactive ketones (excluding diaryl/α,β-unsaturated/α-hetero) is 1. The van der Waals surface area contributed by atoms with E-state index < -0.39 is 0 Å². The highest BCUT2D eigenvalue weighted by Crippen LogP contribution is 2.22. The lowest BCUT2D eigenvalue weighted by molar-refractivity contribution is -0.125. The number of carbonyl (C=O) groups excluding carboxylic acids is 1. The molecule has 0 radical (unpaired) electrons. The minimum absolute atomic E-state index is 0.248. The van der Waals surface area contributed by atoms with Crippen LogP contribution in [0.4, 0.5) is 5.69 Å². The molecule has 1 saturated heterocycles. The van der Waals surface area contributed by atoms with Crippen LogP contribution in [0.3, 0.4) is 0 Å². The Hall–Kier alpha value is -1.06. The molecule has 0 saturated carbocycles. The fourth-order valence-corrected chi connectivity index (χ4v) is 2.61. The predicted molar refractivity (Wildman–Crippen MR) is 84.6 cm³/mol. The molecule has 0 bridgehead atoms. The van der Waals surface area contributed by atoms with Gasteiger partial charge in [-0.2, -0.15) is 0 Å². The number of anilines is 1. The molecule has 0 aliphatic carbocycles. The molecule has 0 aromatic heterocycles. The first-order valence-electron chi connectivity index (χ1n) is 7.12. The van der Waals surface area contributed by atoms with Crippen molar-refractivity contribution >= 4 is 23.1 Å². The Balaban J connectivity index is 1.89. The molecule has 110 valence electrons. The normalized spacial score (nSPS) is 17.3. The van der Waals surface area contributed by atoms with Gasteiger partial charge in [0.15, 0.2) is 0 Å². The van der Waals surface area contributed by atoms with Gasteiger partial charge in [0.25, 0.3) is 0 Å². The van der Waals surface area contributed by atoms with Gasteiger partial charge in [-0.3, -0.25) is 9.69 Å². The van der Waals surface area contributed by atoms with E-state index in [9.17, 15) is 4.79 Å². The van der Waals surface area contributed by atoms with E-state index in [1.807, 2.05) is 26.0 Å². The number of halogens is 1. The minimum atomic E-state index is -0.248. The predicted octanol–water partition coefficient (Wildman–Crippen LogP) is 3.08. The molecule has 1 fully saturated rings. The van der Waals surface area contributed by atoms with Gasteiger partial charge < -0.3 is 4.90 Å². The number of rotatable bonds is 4. The van der Waals surface area contributed by atoms with E-state index in [-0.39, 0.29) is 11.2 Å².